The molecule has 0 bridgehead atoms. The Kier molecular flexibility index (Phi) is 8.22. The Morgan fingerprint density at radius 3 is 2.28 bits per heavy atom. The maximum Gasteiger partial charge on any atom is 0.318 e. The summed E-state index contributed by atoms with van der Waals surface area (Å²) in [6.45, 7) is 0.558. The van der Waals surface area contributed by atoms with Crippen LogP contribution in [0, 0.1) is 0 Å². The predicted octanol–water partition coefficient (Wildman–Crippen LogP) is 3.00. The van der Waals surface area contributed by atoms with Gasteiger partial charge >= 0.3 is 6.03 Å². The first-order valence-electron chi connectivity index (χ1n) is 10.3. The molecule has 7 heteroatoms. The average Bonchev–Trinajstić information content (AvgIpc) is 2.82. The quantitative estimate of drug-likeness (QED) is 0.457. The molecule has 0 aliphatic carbocycles. The molecule has 1 atom stereocenters. The van der Waals surface area contributed by atoms with Crippen LogP contribution in [-0.4, -0.2) is 35.1 Å². The highest BCUT2D eigenvalue weighted by atomic mass is 16.5. The van der Waals surface area contributed by atoms with Crippen LogP contribution in [0.1, 0.15) is 22.8 Å². The average molecular weight is 434 g/mol. The number of ether oxygens (including phenoxy) is 1. The topological polar surface area (TPSA) is 105 Å². The monoisotopic (exact) mass is 433 g/mol. The summed E-state index contributed by atoms with van der Waals surface area (Å²) in [6, 6.07) is 25.7. The number of hydrogen-bond acceptors (Lipinski definition) is 4. The highest BCUT2D eigenvalue weighted by Gasteiger charge is 2.19. The van der Waals surface area contributed by atoms with Gasteiger partial charge in [-0.2, -0.15) is 0 Å². The molecular formula is C25H27N3O4. The van der Waals surface area contributed by atoms with Crippen molar-refractivity contribution in [2.75, 3.05) is 13.2 Å². The van der Waals surface area contributed by atoms with E-state index in [4.69, 9.17) is 10.5 Å². The van der Waals surface area contributed by atoms with Crippen molar-refractivity contribution in [3.05, 3.63) is 102 Å². The summed E-state index contributed by atoms with van der Waals surface area (Å²) in [4.78, 5) is 25.5. The van der Waals surface area contributed by atoms with Gasteiger partial charge in [0.15, 0.2) is 6.61 Å². The van der Waals surface area contributed by atoms with Crippen LogP contribution in [0.15, 0.2) is 84.9 Å². The number of primary amides is 1. The van der Waals surface area contributed by atoms with E-state index in [1.807, 2.05) is 66.7 Å². The fraction of sp³-hybridized carbons (Fsp3) is 0.200. The Morgan fingerprint density at radius 1 is 0.938 bits per heavy atom. The molecule has 0 aromatic heterocycles. The van der Waals surface area contributed by atoms with E-state index in [2.05, 4.69) is 5.32 Å². The van der Waals surface area contributed by atoms with Gasteiger partial charge in [0, 0.05) is 13.1 Å². The first-order valence-corrected chi connectivity index (χ1v) is 10.3. The summed E-state index contributed by atoms with van der Waals surface area (Å²) >= 11 is 0. The molecular weight excluding hydrogens is 406 g/mol. The molecule has 3 amide bonds. The Labute approximate surface area is 187 Å². The molecule has 0 saturated heterocycles. The van der Waals surface area contributed by atoms with Crippen LogP contribution in [0.4, 0.5) is 4.79 Å². The van der Waals surface area contributed by atoms with Crippen molar-refractivity contribution >= 4 is 11.9 Å². The van der Waals surface area contributed by atoms with Gasteiger partial charge in [-0.15, -0.1) is 0 Å². The number of aliphatic hydroxyl groups excluding tert-OH is 1. The highest BCUT2D eigenvalue weighted by molar-refractivity contribution is 5.75. The third-order valence-corrected chi connectivity index (χ3v) is 4.80. The third-order valence-electron chi connectivity index (χ3n) is 4.80. The van der Waals surface area contributed by atoms with Gasteiger partial charge in [0.25, 0.3) is 5.91 Å². The number of urea groups is 1. The first-order chi connectivity index (χ1) is 15.5. The molecule has 0 fully saturated rings. The second-order valence-corrected chi connectivity index (χ2v) is 7.35. The van der Waals surface area contributed by atoms with Gasteiger partial charge in [-0.1, -0.05) is 72.8 Å². The van der Waals surface area contributed by atoms with E-state index in [1.165, 1.54) is 0 Å². The van der Waals surface area contributed by atoms with Gasteiger partial charge in [0.05, 0.1) is 12.6 Å². The maximum atomic E-state index is 13.0. The zero-order chi connectivity index (χ0) is 22.8. The molecule has 0 radical (unpaired) electrons. The predicted molar refractivity (Wildman–Crippen MR) is 122 cm³/mol. The van der Waals surface area contributed by atoms with Gasteiger partial charge in [-0.3, -0.25) is 4.79 Å². The SMILES string of the molecule is NC(=O)COc1cccc(CNC(=O)N(Cc2ccccc2)CC(O)c2ccccc2)c1. The number of rotatable bonds is 10. The van der Waals surface area contributed by atoms with Crippen molar-refractivity contribution < 1.29 is 19.4 Å². The first kappa shape index (κ1) is 22.8. The van der Waals surface area contributed by atoms with Crippen molar-refractivity contribution in [3.63, 3.8) is 0 Å². The highest BCUT2D eigenvalue weighted by Crippen LogP contribution is 2.17. The molecule has 3 rings (SSSR count). The molecule has 0 heterocycles. The zero-order valence-electron chi connectivity index (χ0n) is 17.7. The molecule has 7 nitrogen and oxygen atoms in total. The van der Waals surface area contributed by atoms with E-state index < -0.39 is 12.0 Å². The van der Waals surface area contributed by atoms with Crippen molar-refractivity contribution in [3.8, 4) is 5.75 Å². The minimum absolute atomic E-state index is 0.145. The summed E-state index contributed by atoms with van der Waals surface area (Å²) in [7, 11) is 0. The number of carbonyl (C=O) groups is 2. The van der Waals surface area contributed by atoms with Gasteiger partial charge in [-0.05, 0) is 28.8 Å². The minimum Gasteiger partial charge on any atom is -0.484 e. The van der Waals surface area contributed by atoms with Gasteiger partial charge in [0.1, 0.15) is 5.75 Å². The Balaban J connectivity index is 1.66. The van der Waals surface area contributed by atoms with Gasteiger partial charge in [0.2, 0.25) is 0 Å². The lowest BCUT2D eigenvalue weighted by atomic mass is 10.1. The number of hydrogen-bond donors (Lipinski definition) is 3. The molecule has 0 aliphatic rings. The summed E-state index contributed by atoms with van der Waals surface area (Å²) in [5.41, 5.74) is 7.63. The number of benzene rings is 3. The number of aliphatic hydroxyl groups is 1. The summed E-state index contributed by atoms with van der Waals surface area (Å²) < 4.78 is 5.31. The van der Waals surface area contributed by atoms with Crippen LogP contribution in [-0.2, 0) is 17.9 Å². The number of amides is 3. The van der Waals surface area contributed by atoms with Gasteiger partial charge < -0.3 is 25.8 Å². The van der Waals surface area contributed by atoms with Crippen molar-refractivity contribution in [2.24, 2.45) is 5.73 Å². The van der Waals surface area contributed by atoms with Crippen molar-refractivity contribution in [2.45, 2.75) is 19.2 Å². The molecule has 3 aromatic rings. The van der Waals surface area contributed by atoms with Gasteiger partial charge in [-0.25, -0.2) is 4.79 Å². The van der Waals surface area contributed by atoms with E-state index >= 15 is 0 Å². The zero-order valence-corrected chi connectivity index (χ0v) is 17.7. The number of nitrogens with one attached hydrogen (secondary N) is 1. The number of nitrogens with zero attached hydrogens (tertiary/aromatic N) is 1. The third kappa shape index (κ3) is 7.14. The standard InChI is InChI=1S/C25H27N3O4/c26-24(30)18-32-22-13-7-10-20(14-22)15-27-25(31)28(16-19-8-3-1-4-9-19)17-23(29)21-11-5-2-6-12-21/h1-14,23,29H,15-18H2,(H2,26,30)(H,27,31). The lowest BCUT2D eigenvalue weighted by Gasteiger charge is -2.26. The molecule has 4 N–H and O–H groups in total. The van der Waals surface area contributed by atoms with E-state index in [-0.39, 0.29) is 25.7 Å². The molecule has 0 spiro atoms. The number of carbonyl (C=O) groups excluding carboxylic acids is 2. The van der Waals surface area contributed by atoms with E-state index in [0.717, 1.165) is 16.7 Å². The fourth-order valence-electron chi connectivity index (χ4n) is 3.20. The van der Waals surface area contributed by atoms with Crippen LogP contribution in [0.2, 0.25) is 0 Å². The lowest BCUT2D eigenvalue weighted by Crippen LogP contribution is -2.41. The van der Waals surface area contributed by atoms with Crippen LogP contribution >= 0.6 is 0 Å². The Morgan fingerprint density at radius 2 is 1.59 bits per heavy atom. The molecule has 0 aliphatic heterocycles. The molecule has 0 saturated carbocycles. The van der Waals surface area contributed by atoms with Crippen LogP contribution < -0.4 is 15.8 Å². The van der Waals surface area contributed by atoms with E-state index in [0.29, 0.717) is 12.3 Å². The molecule has 166 valence electrons. The largest absolute Gasteiger partial charge is 0.484 e. The van der Waals surface area contributed by atoms with Crippen molar-refractivity contribution in [1.29, 1.82) is 0 Å². The van der Waals surface area contributed by atoms with Crippen LogP contribution in [0.3, 0.4) is 0 Å². The summed E-state index contributed by atoms with van der Waals surface area (Å²) in [6.07, 6.45) is -0.809. The summed E-state index contributed by atoms with van der Waals surface area (Å²) in [5, 5.41) is 13.6. The Hall–Kier alpha value is -3.84. The van der Waals surface area contributed by atoms with Crippen LogP contribution in [0.25, 0.3) is 0 Å². The number of nitrogens with two attached hydrogens (primary N) is 1. The lowest BCUT2D eigenvalue weighted by molar-refractivity contribution is -0.119. The second-order valence-electron chi connectivity index (χ2n) is 7.35. The smallest absolute Gasteiger partial charge is 0.318 e. The minimum atomic E-state index is -0.809. The molecule has 1 unspecified atom stereocenters. The Bertz CT molecular complexity index is 1010. The van der Waals surface area contributed by atoms with E-state index in [1.54, 1.807) is 23.1 Å². The van der Waals surface area contributed by atoms with Crippen LogP contribution in [0.5, 0.6) is 5.75 Å². The van der Waals surface area contributed by atoms with E-state index in [9.17, 15) is 14.7 Å². The van der Waals surface area contributed by atoms with Crippen molar-refractivity contribution in [1.82, 2.24) is 10.2 Å². The normalized spacial score (nSPS) is 11.4. The maximum absolute atomic E-state index is 13.0. The molecule has 32 heavy (non-hydrogen) atoms. The fourth-order valence-corrected chi connectivity index (χ4v) is 3.20. The second kappa shape index (κ2) is 11.5. The molecule has 3 aromatic carbocycles. The summed E-state index contributed by atoms with van der Waals surface area (Å²) in [5.74, 6) is -0.0616.